The van der Waals surface area contributed by atoms with Crippen LogP contribution in [0.4, 0.5) is 10.1 Å². The molecule has 1 aliphatic rings. The molecule has 0 saturated carbocycles. The number of rotatable bonds is 5. The van der Waals surface area contributed by atoms with Crippen LogP contribution < -0.4 is 15.1 Å². The third-order valence-corrected chi connectivity index (χ3v) is 5.99. The molecule has 0 bridgehead atoms. The number of amides is 1. The zero-order valence-corrected chi connectivity index (χ0v) is 19.3. The summed E-state index contributed by atoms with van der Waals surface area (Å²) in [6.45, 7) is 4.99. The van der Waals surface area contributed by atoms with Gasteiger partial charge in [0.15, 0.2) is 0 Å². The van der Waals surface area contributed by atoms with E-state index < -0.39 is 28.7 Å². The Bertz CT molecular complexity index is 1370. The number of carboxylic acids is 1. The van der Waals surface area contributed by atoms with Crippen LogP contribution in [-0.4, -0.2) is 58.6 Å². The summed E-state index contributed by atoms with van der Waals surface area (Å²) in [4.78, 5) is 51.4. The second-order valence-corrected chi connectivity index (χ2v) is 8.18. The number of hydrogen-bond donors (Lipinski definition) is 1. The minimum Gasteiger partial charge on any atom is -0.477 e. The SMILES string of the molecule is CCn1cc(C(=O)O)c(=O)c2cc(F)c(N3CCN(C(=O)c4ccc(OC(C)=O)cc4)CC3)cc21. The maximum atomic E-state index is 15.0. The average Bonchev–Trinajstić information content (AvgIpc) is 2.84. The Hall–Kier alpha value is -4.21. The van der Waals surface area contributed by atoms with Gasteiger partial charge in [-0.3, -0.25) is 14.4 Å². The summed E-state index contributed by atoms with van der Waals surface area (Å²) in [5, 5.41) is 9.32. The number of piperazine rings is 1. The Morgan fingerprint density at radius 1 is 1.06 bits per heavy atom. The van der Waals surface area contributed by atoms with Gasteiger partial charge in [-0.25, -0.2) is 9.18 Å². The van der Waals surface area contributed by atoms with Gasteiger partial charge in [0.05, 0.1) is 11.2 Å². The van der Waals surface area contributed by atoms with Crippen molar-refractivity contribution in [1.29, 1.82) is 0 Å². The smallest absolute Gasteiger partial charge is 0.341 e. The fraction of sp³-hybridized carbons (Fsp3) is 0.280. The number of carbonyl (C=O) groups is 3. The molecule has 0 atom stereocenters. The number of nitrogens with zero attached hydrogens (tertiary/aromatic N) is 3. The Kier molecular flexibility index (Phi) is 6.54. The molecule has 1 aliphatic heterocycles. The maximum Gasteiger partial charge on any atom is 0.341 e. The number of aromatic carboxylic acids is 1. The molecule has 0 spiro atoms. The molecule has 9 nitrogen and oxygen atoms in total. The third-order valence-electron chi connectivity index (χ3n) is 5.99. The van der Waals surface area contributed by atoms with Gasteiger partial charge >= 0.3 is 11.9 Å². The molecule has 0 radical (unpaired) electrons. The highest BCUT2D eigenvalue weighted by Crippen LogP contribution is 2.27. The number of benzene rings is 2. The van der Waals surface area contributed by atoms with Crippen LogP contribution >= 0.6 is 0 Å². The summed E-state index contributed by atoms with van der Waals surface area (Å²) in [6.07, 6.45) is 1.28. The van der Waals surface area contributed by atoms with Crippen LogP contribution in [0.2, 0.25) is 0 Å². The molecule has 0 unspecified atom stereocenters. The maximum absolute atomic E-state index is 15.0. The Morgan fingerprint density at radius 3 is 2.29 bits per heavy atom. The topological polar surface area (TPSA) is 109 Å². The van der Waals surface area contributed by atoms with E-state index in [0.717, 1.165) is 6.07 Å². The molecule has 35 heavy (non-hydrogen) atoms. The van der Waals surface area contributed by atoms with Gasteiger partial charge in [0.25, 0.3) is 5.91 Å². The molecule has 2 aromatic carbocycles. The number of pyridine rings is 1. The van der Waals surface area contributed by atoms with E-state index in [1.54, 1.807) is 44.7 Å². The molecule has 0 aliphatic carbocycles. The summed E-state index contributed by atoms with van der Waals surface area (Å²) in [5.74, 6) is -2.25. The molecule has 1 N–H and O–H groups in total. The van der Waals surface area contributed by atoms with Gasteiger partial charge in [0.1, 0.15) is 17.1 Å². The third kappa shape index (κ3) is 4.72. The van der Waals surface area contributed by atoms with Gasteiger partial charge in [0, 0.05) is 56.8 Å². The van der Waals surface area contributed by atoms with Gasteiger partial charge in [-0.1, -0.05) is 0 Å². The van der Waals surface area contributed by atoms with E-state index in [9.17, 15) is 24.3 Å². The highest BCUT2D eigenvalue weighted by molar-refractivity contribution is 5.95. The minimum atomic E-state index is -1.36. The largest absolute Gasteiger partial charge is 0.477 e. The van der Waals surface area contributed by atoms with Crippen LogP contribution in [-0.2, 0) is 11.3 Å². The first-order valence-corrected chi connectivity index (χ1v) is 11.1. The average molecular weight is 481 g/mol. The number of fused-ring (bicyclic) bond motifs is 1. The number of carboxylic acid groups (broad SMARTS) is 1. The van der Waals surface area contributed by atoms with E-state index in [1.165, 1.54) is 13.1 Å². The Labute approximate surface area is 199 Å². The van der Waals surface area contributed by atoms with Crippen LogP contribution in [0.5, 0.6) is 5.75 Å². The highest BCUT2D eigenvalue weighted by Gasteiger charge is 2.25. The number of halogens is 1. The fourth-order valence-electron chi connectivity index (χ4n) is 4.22. The summed E-state index contributed by atoms with van der Waals surface area (Å²) < 4.78 is 21.6. The zero-order valence-electron chi connectivity index (χ0n) is 19.3. The van der Waals surface area contributed by atoms with E-state index >= 15 is 4.39 Å². The van der Waals surface area contributed by atoms with Gasteiger partial charge in [-0.05, 0) is 43.3 Å². The van der Waals surface area contributed by atoms with Crippen LogP contribution in [0.3, 0.4) is 0 Å². The predicted molar refractivity (Wildman–Crippen MR) is 127 cm³/mol. The number of carbonyl (C=O) groups excluding carboxylic acids is 2. The molecular formula is C25H24FN3O6. The van der Waals surface area contributed by atoms with E-state index in [4.69, 9.17) is 4.74 Å². The Balaban J connectivity index is 1.54. The number of aryl methyl sites for hydroxylation is 1. The minimum absolute atomic E-state index is 0.0130. The molecule has 1 aromatic heterocycles. The lowest BCUT2D eigenvalue weighted by molar-refractivity contribution is -0.131. The Morgan fingerprint density at radius 2 is 1.71 bits per heavy atom. The second kappa shape index (κ2) is 9.57. The first-order valence-electron chi connectivity index (χ1n) is 11.1. The molecule has 4 rings (SSSR count). The molecule has 2 heterocycles. The van der Waals surface area contributed by atoms with Crippen molar-refractivity contribution >= 4 is 34.4 Å². The summed E-state index contributed by atoms with van der Waals surface area (Å²) >= 11 is 0. The first-order chi connectivity index (χ1) is 16.7. The van der Waals surface area contributed by atoms with E-state index in [1.807, 2.05) is 6.92 Å². The molecule has 1 amide bonds. The van der Waals surface area contributed by atoms with E-state index in [2.05, 4.69) is 0 Å². The van der Waals surface area contributed by atoms with Crippen molar-refractivity contribution in [3.63, 3.8) is 0 Å². The molecule has 182 valence electrons. The molecule has 1 fully saturated rings. The van der Waals surface area contributed by atoms with Crippen LogP contribution in [0.15, 0.2) is 47.4 Å². The van der Waals surface area contributed by atoms with Crippen LogP contribution in [0, 0.1) is 5.82 Å². The number of hydrogen-bond acceptors (Lipinski definition) is 6. The first kappa shape index (κ1) is 23.9. The summed E-state index contributed by atoms with van der Waals surface area (Å²) in [5.41, 5.74) is 0.0648. The fourth-order valence-corrected chi connectivity index (χ4v) is 4.22. The number of esters is 1. The van der Waals surface area contributed by atoms with Gasteiger partial charge in [-0.15, -0.1) is 0 Å². The molecular weight excluding hydrogens is 457 g/mol. The van der Waals surface area contributed by atoms with Crippen molar-refractivity contribution < 1.29 is 28.6 Å². The number of aromatic nitrogens is 1. The predicted octanol–water partition coefficient (Wildman–Crippen LogP) is 2.75. The molecule has 10 heteroatoms. The van der Waals surface area contributed by atoms with Gasteiger partial charge in [-0.2, -0.15) is 0 Å². The lowest BCUT2D eigenvalue weighted by Gasteiger charge is -2.36. The van der Waals surface area contributed by atoms with Crippen molar-refractivity contribution in [2.45, 2.75) is 20.4 Å². The van der Waals surface area contributed by atoms with Crippen molar-refractivity contribution in [2.75, 3.05) is 31.1 Å². The second-order valence-electron chi connectivity index (χ2n) is 8.18. The van der Waals surface area contributed by atoms with Crippen molar-refractivity contribution in [2.24, 2.45) is 0 Å². The van der Waals surface area contributed by atoms with Crippen LogP contribution in [0.25, 0.3) is 10.9 Å². The number of ether oxygens (including phenoxy) is 1. The summed E-state index contributed by atoms with van der Waals surface area (Å²) in [6, 6.07) is 8.94. The standard InChI is InChI=1S/C25H24FN3O6/c1-3-27-14-19(25(33)34)23(31)18-12-20(26)22(13-21(18)27)28-8-10-29(11-9-28)24(32)16-4-6-17(7-5-16)35-15(2)30/h4-7,12-14H,3,8-11H2,1-2H3,(H,33,34). The normalized spacial score (nSPS) is 13.7. The van der Waals surface area contributed by atoms with Crippen molar-refractivity contribution in [1.82, 2.24) is 9.47 Å². The monoisotopic (exact) mass is 481 g/mol. The van der Waals surface area contributed by atoms with Gasteiger partial charge < -0.3 is 24.2 Å². The highest BCUT2D eigenvalue weighted by atomic mass is 19.1. The molecule has 1 saturated heterocycles. The van der Waals surface area contributed by atoms with E-state index in [-0.39, 0.29) is 11.3 Å². The quantitative estimate of drug-likeness (QED) is 0.441. The van der Waals surface area contributed by atoms with Crippen molar-refractivity contribution in [3.8, 4) is 5.75 Å². The van der Waals surface area contributed by atoms with Crippen molar-refractivity contribution in [3.05, 3.63) is 69.8 Å². The molecule has 3 aromatic rings. The van der Waals surface area contributed by atoms with Gasteiger partial charge in [0.2, 0.25) is 5.43 Å². The lowest BCUT2D eigenvalue weighted by atomic mass is 10.1. The number of anilines is 1. The van der Waals surface area contributed by atoms with Crippen LogP contribution in [0.1, 0.15) is 34.6 Å². The lowest BCUT2D eigenvalue weighted by Crippen LogP contribution is -2.49. The zero-order chi connectivity index (χ0) is 25.3. The summed E-state index contributed by atoms with van der Waals surface area (Å²) in [7, 11) is 0. The van der Waals surface area contributed by atoms with E-state index in [0.29, 0.717) is 55.2 Å².